The summed E-state index contributed by atoms with van der Waals surface area (Å²) in [6.45, 7) is 29.2. The van der Waals surface area contributed by atoms with Crippen molar-refractivity contribution >= 4 is 41.8 Å². The smallest absolute Gasteiger partial charge is 0.317 e. The van der Waals surface area contributed by atoms with Gasteiger partial charge in [0.1, 0.15) is 12.1 Å². The highest BCUT2D eigenvalue weighted by atomic mass is 35.5. The highest BCUT2D eigenvalue weighted by molar-refractivity contribution is 6.05. The van der Waals surface area contributed by atoms with Crippen molar-refractivity contribution in [3.05, 3.63) is 46.5 Å². The van der Waals surface area contributed by atoms with Gasteiger partial charge in [-0.15, -0.1) is 12.4 Å². The van der Waals surface area contributed by atoms with Crippen LogP contribution >= 0.6 is 12.4 Å². The molecule has 0 bridgehead atoms. The number of nitriles is 2. The zero-order valence-corrected chi connectivity index (χ0v) is 36.3. The Morgan fingerprint density at radius 1 is 0.702 bits per heavy atom. The van der Waals surface area contributed by atoms with Gasteiger partial charge in [-0.1, -0.05) is 80.5 Å². The van der Waals surface area contributed by atoms with E-state index in [9.17, 15) is 34.5 Å². The van der Waals surface area contributed by atoms with E-state index in [1.54, 1.807) is 36.0 Å². The third-order valence-corrected chi connectivity index (χ3v) is 13.8. The number of amides is 4. The molecule has 57 heavy (non-hydrogen) atoms. The van der Waals surface area contributed by atoms with E-state index >= 15 is 0 Å². The number of hydrogen-bond donors (Lipinski definition) is 3. The summed E-state index contributed by atoms with van der Waals surface area (Å²) in [6, 6.07) is 3.83. The minimum atomic E-state index is -0.552. The van der Waals surface area contributed by atoms with Gasteiger partial charge in [0.25, 0.3) is 0 Å². The molecule has 6 atom stereocenters. The number of hydrogen-bond acceptors (Lipinski definition) is 8. The van der Waals surface area contributed by atoms with Crippen molar-refractivity contribution in [1.29, 1.82) is 10.5 Å². The molecule has 310 valence electrons. The molecule has 6 rings (SSSR count). The van der Waals surface area contributed by atoms with E-state index in [1.165, 1.54) is 0 Å². The summed E-state index contributed by atoms with van der Waals surface area (Å²) in [7, 11) is 3.23. The van der Waals surface area contributed by atoms with Crippen molar-refractivity contribution in [2.75, 3.05) is 53.4 Å². The molecule has 13 nitrogen and oxygen atoms in total. The number of piperidine rings is 3. The maximum Gasteiger partial charge on any atom is 0.317 e. The summed E-state index contributed by atoms with van der Waals surface area (Å²) in [5.41, 5.74) is -1.42. The molecule has 0 saturated carbocycles. The zero-order valence-electron chi connectivity index (χ0n) is 35.5. The van der Waals surface area contributed by atoms with Gasteiger partial charge in [-0.3, -0.25) is 9.59 Å². The van der Waals surface area contributed by atoms with E-state index in [-0.39, 0.29) is 81.0 Å². The van der Waals surface area contributed by atoms with Gasteiger partial charge in [-0.05, 0) is 49.0 Å². The molecule has 3 N–H and O–H groups in total. The number of nitrogens with one attached hydrogen (secondary N) is 3. The predicted molar refractivity (Wildman–Crippen MR) is 219 cm³/mol. The molecule has 3 fully saturated rings. The van der Waals surface area contributed by atoms with Gasteiger partial charge in [0.15, 0.2) is 17.3 Å². The fraction of sp³-hybridized carbons (Fsp3) is 0.674. The Bertz CT molecular complexity index is 1800. The van der Waals surface area contributed by atoms with Crippen LogP contribution in [-0.4, -0.2) is 92.6 Å². The Morgan fingerprint density at radius 3 is 1.46 bits per heavy atom. The molecule has 0 aromatic rings. The quantitative estimate of drug-likeness (QED) is 0.255. The van der Waals surface area contributed by atoms with Crippen molar-refractivity contribution in [2.24, 2.45) is 50.2 Å². The average molecular weight is 805 g/mol. The van der Waals surface area contributed by atoms with Crippen LogP contribution in [0.5, 0.6) is 0 Å². The zero-order chi connectivity index (χ0) is 42.2. The minimum Gasteiger partial charge on any atom is -0.341 e. The molecule has 4 amide bonds. The number of allylic oxidation sites excluding steroid dienone is 3. The monoisotopic (exact) mass is 804 g/mol. The molecule has 0 aromatic carbocycles. The number of halogens is 1. The Morgan fingerprint density at radius 2 is 1.09 bits per heavy atom. The van der Waals surface area contributed by atoms with Crippen molar-refractivity contribution in [3.63, 3.8) is 0 Å². The van der Waals surface area contributed by atoms with Crippen molar-refractivity contribution in [3.8, 4) is 12.1 Å². The highest BCUT2D eigenvalue weighted by Gasteiger charge is 2.55. The Kier molecular flexibility index (Phi) is 13.8. The topological polar surface area (TPSA) is 180 Å². The first kappa shape index (κ1) is 46.9. The Hall–Kier alpha value is -4.51. The molecule has 3 aliphatic heterocycles. The second-order valence-electron chi connectivity index (χ2n) is 18.8. The van der Waals surface area contributed by atoms with E-state index in [2.05, 4.69) is 27.7 Å². The molecule has 14 heteroatoms. The number of rotatable bonds is 0. The summed E-state index contributed by atoms with van der Waals surface area (Å²) in [5.74, 6) is 0.527. The minimum absolute atomic E-state index is 0. The molecular weight excluding hydrogens is 744 g/mol. The number of Topliss-reactive ketones (excluding diaryl/α,β-unsaturated/α-hetero) is 3. The van der Waals surface area contributed by atoms with Gasteiger partial charge >= 0.3 is 12.1 Å². The first-order valence-electron chi connectivity index (χ1n) is 19.6. The number of likely N-dealkylation sites (tertiary alicyclic amines) is 2. The van der Waals surface area contributed by atoms with Crippen LogP contribution in [0.1, 0.15) is 81.6 Å². The molecular formula is C43H61ClN8O5. The third kappa shape index (κ3) is 8.41. The molecule has 3 heterocycles. The van der Waals surface area contributed by atoms with Crippen molar-refractivity contribution in [2.45, 2.75) is 81.6 Å². The number of ketones is 3. The first-order chi connectivity index (χ1) is 25.9. The number of nitrogens with zero attached hydrogens (tertiary/aromatic N) is 5. The lowest BCUT2D eigenvalue weighted by Gasteiger charge is -2.52. The average Bonchev–Trinajstić information content (AvgIpc) is 3.15. The first-order valence-corrected chi connectivity index (χ1v) is 19.6. The largest absolute Gasteiger partial charge is 0.341 e. The highest BCUT2D eigenvalue weighted by Crippen LogP contribution is 2.54. The van der Waals surface area contributed by atoms with E-state index in [0.29, 0.717) is 37.8 Å². The molecule has 0 unspecified atom stereocenters. The SMILES string of the molecule is CNC(=O)N1CC[C@@H]2C(C)(C)C(=O)C(C#N)=C[C@@]2(C)C1.CNC(=O)N1CC[C@H]2C(C)(C)C(=O)C(C#N)=C[C@]2(C)C1.Cl.[C-]#[N+]C1=C[C@]2(C)CNCC[C@H]2C(C)(C)C1=O. The second kappa shape index (κ2) is 16.8. The summed E-state index contributed by atoms with van der Waals surface area (Å²) >= 11 is 0. The standard InChI is InChI=1S/2C15H21N3O2.C13H18N2O.ClH/c2*1-14(2)11-5-6-18(13(20)17-4)9-15(11,3)7-10(8-16)12(14)19;1-12(2)10-5-6-15-8-13(10,3)7-9(14-4)11(12)16;/h2*7,11H,5-6,9H2,1-4H3,(H,17,20);7,10,15H,5-6,8H2,1-3H3;1H/t2*11-,15+;10-,13+;/m100./s1. The van der Waals surface area contributed by atoms with Crippen LogP contribution in [0.2, 0.25) is 0 Å². The van der Waals surface area contributed by atoms with E-state index in [0.717, 1.165) is 32.4 Å². The lowest BCUT2D eigenvalue weighted by Crippen LogP contribution is -2.57. The number of carbonyl (C=O) groups is 5. The lowest BCUT2D eigenvalue weighted by atomic mass is 9.55. The normalized spacial score (nSPS) is 32.9. The van der Waals surface area contributed by atoms with Crippen LogP contribution in [0.3, 0.4) is 0 Å². The van der Waals surface area contributed by atoms with E-state index in [4.69, 9.17) is 6.57 Å². The maximum atomic E-state index is 12.4. The number of fused-ring (bicyclic) bond motifs is 3. The Balaban J connectivity index is 0.000000229. The number of carbonyl (C=O) groups excluding carboxylic acids is 5. The predicted octanol–water partition coefficient (Wildman–Crippen LogP) is 5.86. The molecule has 0 spiro atoms. The third-order valence-electron chi connectivity index (χ3n) is 13.8. The fourth-order valence-electron chi connectivity index (χ4n) is 11.1. The maximum absolute atomic E-state index is 12.4. The van der Waals surface area contributed by atoms with Gasteiger partial charge in [-0.2, -0.15) is 10.5 Å². The van der Waals surface area contributed by atoms with Crippen LogP contribution < -0.4 is 16.0 Å². The second-order valence-corrected chi connectivity index (χ2v) is 18.8. The van der Waals surface area contributed by atoms with Gasteiger partial charge < -0.3 is 30.5 Å². The number of urea groups is 2. The molecule has 6 aliphatic rings. The van der Waals surface area contributed by atoms with Crippen LogP contribution in [0.25, 0.3) is 4.85 Å². The summed E-state index contributed by atoms with van der Waals surface area (Å²) < 4.78 is 0. The van der Waals surface area contributed by atoms with Crippen LogP contribution in [0, 0.1) is 79.5 Å². The van der Waals surface area contributed by atoms with Crippen molar-refractivity contribution < 1.29 is 24.0 Å². The van der Waals surface area contributed by atoms with Crippen LogP contribution in [0.15, 0.2) is 35.1 Å². The molecule has 3 aliphatic carbocycles. The summed E-state index contributed by atoms with van der Waals surface area (Å²) in [6.07, 6.45) is 8.01. The van der Waals surface area contributed by atoms with Crippen molar-refractivity contribution in [1.82, 2.24) is 25.8 Å². The van der Waals surface area contributed by atoms with Crippen LogP contribution in [0.4, 0.5) is 9.59 Å². The Labute approximate surface area is 344 Å². The lowest BCUT2D eigenvalue weighted by molar-refractivity contribution is -0.132. The van der Waals surface area contributed by atoms with Gasteiger partial charge in [0, 0.05) is 73.9 Å². The molecule has 3 saturated heterocycles. The van der Waals surface area contributed by atoms with Gasteiger partial charge in [0.2, 0.25) is 5.70 Å². The molecule has 0 radical (unpaired) electrons. The van der Waals surface area contributed by atoms with Crippen LogP contribution in [-0.2, 0) is 14.4 Å². The van der Waals surface area contributed by atoms with E-state index in [1.807, 2.05) is 73.6 Å². The fourth-order valence-corrected chi connectivity index (χ4v) is 11.1. The molecule has 0 aromatic heterocycles. The van der Waals surface area contributed by atoms with Gasteiger partial charge in [-0.25, -0.2) is 14.4 Å². The van der Waals surface area contributed by atoms with Gasteiger partial charge in [0.05, 0.1) is 17.7 Å². The summed E-state index contributed by atoms with van der Waals surface area (Å²) in [5, 5.41) is 27.0. The summed E-state index contributed by atoms with van der Waals surface area (Å²) in [4.78, 5) is 67.5. The van der Waals surface area contributed by atoms with E-state index < -0.39 is 16.2 Å².